The van der Waals surface area contributed by atoms with Crippen LogP contribution in [0, 0.1) is 6.92 Å². The van der Waals surface area contributed by atoms with Gasteiger partial charge in [-0.05, 0) is 30.5 Å². The first-order chi connectivity index (χ1) is 7.15. The van der Waals surface area contributed by atoms with Crippen molar-refractivity contribution in [2.75, 3.05) is 0 Å². The van der Waals surface area contributed by atoms with E-state index < -0.39 is 5.97 Å². The van der Waals surface area contributed by atoms with E-state index in [1.54, 1.807) is 13.1 Å². The minimum atomic E-state index is -0.975. The molecule has 0 aliphatic carbocycles. The SMILES string of the molecule is CCC/C=C/c1cnc(C(=O)O)c(C)c1. The lowest BCUT2D eigenvalue weighted by atomic mass is 10.1. The first-order valence-corrected chi connectivity index (χ1v) is 5.01. The average molecular weight is 205 g/mol. The first-order valence-electron chi connectivity index (χ1n) is 5.01. The number of allylic oxidation sites excluding steroid dienone is 1. The molecule has 0 saturated heterocycles. The summed E-state index contributed by atoms with van der Waals surface area (Å²) >= 11 is 0. The number of unbranched alkanes of at least 4 members (excludes halogenated alkanes) is 1. The van der Waals surface area contributed by atoms with Gasteiger partial charge in [-0.15, -0.1) is 0 Å². The maximum Gasteiger partial charge on any atom is 0.354 e. The Kier molecular flexibility index (Phi) is 4.03. The van der Waals surface area contributed by atoms with Crippen molar-refractivity contribution < 1.29 is 9.90 Å². The van der Waals surface area contributed by atoms with Crippen LogP contribution in [0.5, 0.6) is 0 Å². The van der Waals surface area contributed by atoms with E-state index in [-0.39, 0.29) is 5.69 Å². The minimum Gasteiger partial charge on any atom is -0.477 e. The van der Waals surface area contributed by atoms with Crippen LogP contribution in [-0.2, 0) is 0 Å². The van der Waals surface area contributed by atoms with Crippen molar-refractivity contribution in [3.8, 4) is 0 Å². The molecule has 0 saturated carbocycles. The van der Waals surface area contributed by atoms with Crippen molar-refractivity contribution in [2.45, 2.75) is 26.7 Å². The standard InChI is InChI=1S/C12H15NO2/c1-3-4-5-6-10-7-9(2)11(12(14)15)13-8-10/h5-8H,3-4H2,1-2H3,(H,14,15)/b6-5+. The Morgan fingerprint density at radius 1 is 1.60 bits per heavy atom. The molecule has 0 atom stereocenters. The maximum absolute atomic E-state index is 10.7. The van der Waals surface area contributed by atoms with E-state index in [0.29, 0.717) is 5.56 Å². The van der Waals surface area contributed by atoms with E-state index in [2.05, 4.69) is 18.0 Å². The highest BCUT2D eigenvalue weighted by Crippen LogP contribution is 2.09. The van der Waals surface area contributed by atoms with Crippen LogP contribution in [-0.4, -0.2) is 16.1 Å². The van der Waals surface area contributed by atoms with Gasteiger partial charge in [-0.25, -0.2) is 9.78 Å². The summed E-state index contributed by atoms with van der Waals surface area (Å²) in [5.41, 5.74) is 1.77. The summed E-state index contributed by atoms with van der Waals surface area (Å²) in [6.45, 7) is 3.87. The zero-order valence-corrected chi connectivity index (χ0v) is 9.03. The summed E-state index contributed by atoms with van der Waals surface area (Å²) in [5, 5.41) is 8.79. The average Bonchev–Trinajstić information content (AvgIpc) is 2.17. The van der Waals surface area contributed by atoms with Crippen LogP contribution >= 0.6 is 0 Å². The first kappa shape index (κ1) is 11.4. The molecule has 3 nitrogen and oxygen atoms in total. The molecule has 3 heteroatoms. The van der Waals surface area contributed by atoms with Gasteiger partial charge < -0.3 is 5.11 Å². The number of hydrogen-bond acceptors (Lipinski definition) is 2. The van der Waals surface area contributed by atoms with E-state index in [4.69, 9.17) is 5.11 Å². The third-order valence-corrected chi connectivity index (χ3v) is 2.07. The quantitative estimate of drug-likeness (QED) is 0.822. The Labute approximate surface area is 89.5 Å². The number of nitrogens with zero attached hydrogens (tertiary/aromatic N) is 1. The molecular formula is C12H15NO2. The lowest BCUT2D eigenvalue weighted by molar-refractivity contribution is 0.0689. The van der Waals surface area contributed by atoms with E-state index in [9.17, 15) is 4.79 Å². The molecule has 0 aromatic carbocycles. The van der Waals surface area contributed by atoms with Gasteiger partial charge in [0, 0.05) is 6.20 Å². The largest absolute Gasteiger partial charge is 0.477 e. The van der Waals surface area contributed by atoms with Crippen molar-refractivity contribution in [3.63, 3.8) is 0 Å². The van der Waals surface area contributed by atoms with E-state index in [1.807, 2.05) is 12.1 Å². The molecule has 0 unspecified atom stereocenters. The van der Waals surface area contributed by atoms with Crippen molar-refractivity contribution in [3.05, 3.63) is 35.2 Å². The van der Waals surface area contributed by atoms with Crippen LogP contribution in [0.25, 0.3) is 6.08 Å². The van der Waals surface area contributed by atoms with Crippen LogP contribution in [0.1, 0.15) is 41.4 Å². The zero-order valence-electron chi connectivity index (χ0n) is 9.03. The Morgan fingerprint density at radius 2 is 2.33 bits per heavy atom. The molecule has 0 aliphatic heterocycles. The fraction of sp³-hybridized carbons (Fsp3) is 0.333. The van der Waals surface area contributed by atoms with Gasteiger partial charge in [-0.2, -0.15) is 0 Å². The number of carboxylic acids is 1. The third kappa shape index (κ3) is 3.20. The van der Waals surface area contributed by atoms with Crippen LogP contribution in [0.4, 0.5) is 0 Å². The van der Waals surface area contributed by atoms with Gasteiger partial charge in [0.1, 0.15) is 0 Å². The van der Waals surface area contributed by atoms with Crippen LogP contribution in [0.15, 0.2) is 18.3 Å². The number of carboxylic acid groups (broad SMARTS) is 1. The number of hydrogen-bond donors (Lipinski definition) is 1. The monoisotopic (exact) mass is 205 g/mol. The highest BCUT2D eigenvalue weighted by atomic mass is 16.4. The topological polar surface area (TPSA) is 50.2 Å². The van der Waals surface area contributed by atoms with Crippen LogP contribution < -0.4 is 0 Å². The number of pyridine rings is 1. The summed E-state index contributed by atoms with van der Waals surface area (Å²) in [7, 11) is 0. The van der Waals surface area contributed by atoms with Gasteiger partial charge in [0.25, 0.3) is 0 Å². The smallest absolute Gasteiger partial charge is 0.354 e. The molecule has 0 aliphatic rings. The minimum absolute atomic E-state index is 0.127. The van der Waals surface area contributed by atoms with E-state index in [1.165, 1.54) is 0 Å². The van der Waals surface area contributed by atoms with Crippen molar-refractivity contribution in [2.24, 2.45) is 0 Å². The van der Waals surface area contributed by atoms with Crippen LogP contribution in [0.2, 0.25) is 0 Å². The fourth-order valence-electron chi connectivity index (χ4n) is 1.30. The van der Waals surface area contributed by atoms with Gasteiger partial charge in [0.2, 0.25) is 0 Å². The Morgan fingerprint density at radius 3 is 2.87 bits per heavy atom. The fourth-order valence-corrected chi connectivity index (χ4v) is 1.30. The molecule has 0 spiro atoms. The normalized spacial score (nSPS) is 10.8. The van der Waals surface area contributed by atoms with E-state index >= 15 is 0 Å². The summed E-state index contributed by atoms with van der Waals surface area (Å²) in [6.07, 6.45) is 7.75. The lowest BCUT2D eigenvalue weighted by Crippen LogP contribution is -2.03. The molecule has 0 radical (unpaired) electrons. The highest BCUT2D eigenvalue weighted by Gasteiger charge is 2.07. The van der Waals surface area contributed by atoms with Gasteiger partial charge >= 0.3 is 5.97 Å². The Bertz CT molecular complexity index is 383. The number of aromatic carboxylic acids is 1. The third-order valence-electron chi connectivity index (χ3n) is 2.07. The molecule has 15 heavy (non-hydrogen) atoms. The molecule has 1 aromatic rings. The summed E-state index contributed by atoms with van der Waals surface area (Å²) in [4.78, 5) is 14.6. The highest BCUT2D eigenvalue weighted by molar-refractivity contribution is 5.87. The molecule has 1 N–H and O–H groups in total. The van der Waals surface area contributed by atoms with Crippen molar-refractivity contribution >= 4 is 12.0 Å². The molecule has 0 fully saturated rings. The molecular weight excluding hydrogens is 190 g/mol. The molecule has 1 aromatic heterocycles. The molecule has 1 heterocycles. The van der Waals surface area contributed by atoms with E-state index in [0.717, 1.165) is 18.4 Å². The van der Waals surface area contributed by atoms with Crippen LogP contribution in [0.3, 0.4) is 0 Å². The number of aromatic nitrogens is 1. The molecule has 80 valence electrons. The van der Waals surface area contributed by atoms with Crippen molar-refractivity contribution in [1.82, 2.24) is 4.98 Å². The maximum atomic E-state index is 10.7. The molecule has 1 rings (SSSR count). The second kappa shape index (κ2) is 5.29. The Balaban J connectivity index is 2.87. The van der Waals surface area contributed by atoms with Gasteiger partial charge in [-0.1, -0.05) is 25.5 Å². The lowest BCUT2D eigenvalue weighted by Gasteiger charge is -2.00. The van der Waals surface area contributed by atoms with Gasteiger partial charge in [0.05, 0.1) is 0 Å². The number of aryl methyl sites for hydroxylation is 1. The van der Waals surface area contributed by atoms with Gasteiger partial charge in [-0.3, -0.25) is 0 Å². The molecule has 0 bridgehead atoms. The van der Waals surface area contributed by atoms with Gasteiger partial charge in [0.15, 0.2) is 5.69 Å². The number of rotatable bonds is 4. The molecule has 0 amide bonds. The summed E-state index contributed by atoms with van der Waals surface area (Å²) < 4.78 is 0. The predicted molar refractivity (Wildman–Crippen MR) is 59.9 cm³/mol. The number of carbonyl (C=O) groups is 1. The zero-order chi connectivity index (χ0) is 11.3. The second-order valence-electron chi connectivity index (χ2n) is 3.43. The Hall–Kier alpha value is -1.64. The summed E-state index contributed by atoms with van der Waals surface area (Å²) in [6, 6.07) is 1.84. The predicted octanol–water partition coefficient (Wildman–Crippen LogP) is 2.90. The van der Waals surface area contributed by atoms with Crippen molar-refractivity contribution in [1.29, 1.82) is 0 Å². The second-order valence-corrected chi connectivity index (χ2v) is 3.43. The summed E-state index contributed by atoms with van der Waals surface area (Å²) in [5.74, 6) is -0.975.